The average Bonchev–Trinajstić information content (AvgIpc) is 3.29. The minimum atomic E-state index is -0.637. The third-order valence-electron chi connectivity index (χ3n) is 5.65. The number of fused-ring (bicyclic) bond motifs is 1. The SMILES string of the molecule is CC(=O)N1C[C@H](O)C[C@@H]1C(=O)NCc1nc2c(s1)CC(c1ccccc1)CC2. The van der Waals surface area contributed by atoms with Crippen molar-refractivity contribution in [2.45, 2.75) is 57.2 Å². The Hall–Kier alpha value is -2.25. The summed E-state index contributed by atoms with van der Waals surface area (Å²) in [4.78, 5) is 31.7. The molecular formula is C21H25N3O3S. The maximum absolute atomic E-state index is 12.5. The number of aryl methyl sites for hydroxylation is 1. The first-order valence-corrected chi connectivity index (χ1v) is 10.6. The lowest BCUT2D eigenvalue weighted by Gasteiger charge is -2.21. The van der Waals surface area contributed by atoms with Crippen LogP contribution in [0.15, 0.2) is 30.3 Å². The van der Waals surface area contributed by atoms with Gasteiger partial charge in [0.05, 0.1) is 18.3 Å². The molecule has 0 radical (unpaired) electrons. The molecule has 1 aliphatic carbocycles. The first-order valence-electron chi connectivity index (χ1n) is 9.76. The fourth-order valence-electron chi connectivity index (χ4n) is 4.20. The molecule has 148 valence electrons. The first kappa shape index (κ1) is 19.1. The largest absolute Gasteiger partial charge is 0.391 e. The predicted octanol–water partition coefficient (Wildman–Crippen LogP) is 2.01. The van der Waals surface area contributed by atoms with Crippen LogP contribution in [0.2, 0.25) is 0 Å². The molecule has 2 aromatic rings. The molecule has 0 spiro atoms. The minimum absolute atomic E-state index is 0.187. The number of nitrogens with zero attached hydrogens (tertiary/aromatic N) is 2. The van der Waals surface area contributed by atoms with Crippen molar-refractivity contribution >= 4 is 23.2 Å². The summed E-state index contributed by atoms with van der Waals surface area (Å²) in [5.74, 6) is 0.121. The third-order valence-corrected chi connectivity index (χ3v) is 6.77. The molecule has 2 amide bonds. The van der Waals surface area contributed by atoms with Crippen LogP contribution in [0, 0.1) is 0 Å². The number of rotatable bonds is 4. The topological polar surface area (TPSA) is 82.5 Å². The Labute approximate surface area is 168 Å². The van der Waals surface area contributed by atoms with E-state index in [1.165, 1.54) is 22.3 Å². The number of amides is 2. The van der Waals surface area contributed by atoms with Gasteiger partial charge in [-0.25, -0.2) is 4.98 Å². The van der Waals surface area contributed by atoms with Gasteiger partial charge in [0, 0.05) is 24.8 Å². The monoisotopic (exact) mass is 399 g/mol. The number of benzene rings is 1. The molecular weight excluding hydrogens is 374 g/mol. The number of likely N-dealkylation sites (tertiary alicyclic amines) is 1. The second kappa shape index (κ2) is 8.01. The van der Waals surface area contributed by atoms with Crippen molar-refractivity contribution in [1.82, 2.24) is 15.2 Å². The zero-order chi connectivity index (χ0) is 19.7. The number of aliphatic hydroxyl groups excluding tert-OH is 1. The Morgan fingerprint density at radius 1 is 1.32 bits per heavy atom. The van der Waals surface area contributed by atoms with Crippen molar-refractivity contribution in [3.63, 3.8) is 0 Å². The van der Waals surface area contributed by atoms with Gasteiger partial charge in [-0.3, -0.25) is 9.59 Å². The van der Waals surface area contributed by atoms with Crippen LogP contribution < -0.4 is 5.32 Å². The van der Waals surface area contributed by atoms with Crippen LogP contribution in [0.25, 0.3) is 0 Å². The molecule has 4 rings (SSSR count). The van der Waals surface area contributed by atoms with E-state index in [1.807, 2.05) is 6.07 Å². The molecule has 1 aromatic heterocycles. The van der Waals surface area contributed by atoms with E-state index in [2.05, 4.69) is 29.6 Å². The highest BCUT2D eigenvalue weighted by atomic mass is 32.1. The molecule has 1 unspecified atom stereocenters. The van der Waals surface area contributed by atoms with Gasteiger partial charge >= 0.3 is 0 Å². The summed E-state index contributed by atoms with van der Waals surface area (Å²) < 4.78 is 0. The average molecular weight is 400 g/mol. The van der Waals surface area contributed by atoms with E-state index in [0.717, 1.165) is 30.0 Å². The van der Waals surface area contributed by atoms with Gasteiger partial charge in [0.1, 0.15) is 11.0 Å². The summed E-state index contributed by atoms with van der Waals surface area (Å²) in [7, 11) is 0. The zero-order valence-electron chi connectivity index (χ0n) is 15.9. The van der Waals surface area contributed by atoms with E-state index in [-0.39, 0.29) is 18.4 Å². The number of thiazole rings is 1. The first-order chi connectivity index (χ1) is 13.5. The highest BCUT2D eigenvalue weighted by Gasteiger charge is 2.37. The molecule has 1 aliphatic heterocycles. The summed E-state index contributed by atoms with van der Waals surface area (Å²) >= 11 is 1.67. The maximum Gasteiger partial charge on any atom is 0.243 e. The van der Waals surface area contributed by atoms with Crippen molar-refractivity contribution in [2.75, 3.05) is 6.54 Å². The van der Waals surface area contributed by atoms with E-state index in [0.29, 0.717) is 18.9 Å². The molecule has 0 bridgehead atoms. The fourth-order valence-corrected chi connectivity index (χ4v) is 5.34. The summed E-state index contributed by atoms with van der Waals surface area (Å²) in [6, 6.07) is 10.0. The third kappa shape index (κ3) is 3.95. The van der Waals surface area contributed by atoms with Gasteiger partial charge in [-0.05, 0) is 30.7 Å². The van der Waals surface area contributed by atoms with Gasteiger partial charge in [0.15, 0.2) is 0 Å². The van der Waals surface area contributed by atoms with Gasteiger partial charge in [-0.1, -0.05) is 30.3 Å². The Morgan fingerprint density at radius 2 is 2.11 bits per heavy atom. The normalized spacial score (nSPS) is 24.1. The van der Waals surface area contributed by atoms with Crippen molar-refractivity contribution in [3.8, 4) is 0 Å². The molecule has 6 nitrogen and oxygen atoms in total. The molecule has 0 saturated carbocycles. The minimum Gasteiger partial charge on any atom is -0.391 e. The van der Waals surface area contributed by atoms with Crippen LogP contribution in [0.5, 0.6) is 0 Å². The summed E-state index contributed by atoms with van der Waals surface area (Å²) in [6.07, 6.45) is 2.71. The van der Waals surface area contributed by atoms with E-state index in [9.17, 15) is 14.7 Å². The summed E-state index contributed by atoms with van der Waals surface area (Å²) in [5, 5.41) is 13.6. The van der Waals surface area contributed by atoms with Crippen LogP contribution in [-0.2, 0) is 29.0 Å². The molecule has 7 heteroatoms. The quantitative estimate of drug-likeness (QED) is 0.824. The van der Waals surface area contributed by atoms with Crippen molar-refractivity contribution in [3.05, 3.63) is 51.5 Å². The van der Waals surface area contributed by atoms with Crippen LogP contribution in [0.1, 0.15) is 46.8 Å². The fraction of sp³-hybridized carbons (Fsp3) is 0.476. The molecule has 3 atom stereocenters. The molecule has 1 saturated heterocycles. The number of carbonyl (C=O) groups is 2. The Balaban J connectivity index is 1.38. The van der Waals surface area contributed by atoms with Crippen LogP contribution in [0.4, 0.5) is 0 Å². The molecule has 1 fully saturated rings. The predicted molar refractivity (Wildman–Crippen MR) is 107 cm³/mol. The summed E-state index contributed by atoms with van der Waals surface area (Å²) in [5.41, 5.74) is 2.53. The molecule has 2 N–H and O–H groups in total. The Morgan fingerprint density at radius 3 is 2.86 bits per heavy atom. The maximum atomic E-state index is 12.5. The van der Waals surface area contributed by atoms with Crippen LogP contribution in [-0.4, -0.2) is 45.5 Å². The van der Waals surface area contributed by atoms with E-state index in [4.69, 9.17) is 4.98 Å². The smallest absolute Gasteiger partial charge is 0.243 e. The van der Waals surface area contributed by atoms with Crippen molar-refractivity contribution in [2.24, 2.45) is 0 Å². The number of aliphatic hydroxyl groups is 1. The van der Waals surface area contributed by atoms with E-state index < -0.39 is 12.1 Å². The molecule has 28 heavy (non-hydrogen) atoms. The number of hydrogen-bond donors (Lipinski definition) is 2. The highest BCUT2D eigenvalue weighted by molar-refractivity contribution is 7.11. The standard InChI is InChI=1S/C21H25N3O3S/c1-13(25)24-12-16(26)10-18(24)21(27)22-11-20-23-17-8-7-15(9-19(17)28-20)14-5-3-2-4-6-14/h2-6,15-16,18,26H,7-12H2,1H3,(H,22,27)/t15?,16-,18-/m1/s1. The number of aromatic nitrogens is 1. The van der Waals surface area contributed by atoms with Gasteiger partial charge in [0.2, 0.25) is 11.8 Å². The number of β-amino-alcohol motifs (C(OH)–C–C–N with tert-alkyl or cyclic N) is 1. The van der Waals surface area contributed by atoms with Gasteiger partial charge in [-0.15, -0.1) is 11.3 Å². The van der Waals surface area contributed by atoms with Crippen LogP contribution >= 0.6 is 11.3 Å². The van der Waals surface area contributed by atoms with Crippen molar-refractivity contribution in [1.29, 1.82) is 0 Å². The Bertz CT molecular complexity index is 867. The second-order valence-electron chi connectivity index (χ2n) is 7.62. The van der Waals surface area contributed by atoms with E-state index in [1.54, 1.807) is 11.3 Å². The van der Waals surface area contributed by atoms with E-state index >= 15 is 0 Å². The zero-order valence-corrected chi connectivity index (χ0v) is 16.7. The lowest BCUT2D eigenvalue weighted by molar-refractivity contribution is -0.137. The summed E-state index contributed by atoms with van der Waals surface area (Å²) in [6.45, 7) is 2.01. The van der Waals surface area contributed by atoms with Gasteiger partial charge < -0.3 is 15.3 Å². The number of nitrogens with one attached hydrogen (secondary N) is 1. The van der Waals surface area contributed by atoms with Gasteiger partial charge in [-0.2, -0.15) is 0 Å². The lowest BCUT2D eigenvalue weighted by atomic mass is 9.85. The number of hydrogen-bond acceptors (Lipinski definition) is 5. The molecule has 2 aliphatic rings. The number of carbonyl (C=O) groups excluding carboxylic acids is 2. The van der Waals surface area contributed by atoms with Gasteiger partial charge in [0.25, 0.3) is 0 Å². The van der Waals surface area contributed by atoms with Crippen LogP contribution in [0.3, 0.4) is 0 Å². The molecule has 2 heterocycles. The Kier molecular flexibility index (Phi) is 5.46. The highest BCUT2D eigenvalue weighted by Crippen LogP contribution is 2.35. The van der Waals surface area contributed by atoms with Crippen molar-refractivity contribution < 1.29 is 14.7 Å². The molecule has 1 aromatic carbocycles. The second-order valence-corrected chi connectivity index (χ2v) is 8.79. The lowest BCUT2D eigenvalue weighted by Crippen LogP contribution is -2.44.